The lowest BCUT2D eigenvalue weighted by atomic mass is 10.1. The smallest absolute Gasteiger partial charge is 0.317 e. The van der Waals surface area contributed by atoms with E-state index in [1.54, 1.807) is 0 Å². The highest BCUT2D eigenvalue weighted by atomic mass is 16.2. The standard InChI is InChI=1S/C22H36N4O2/c1-3-5-6-7-8-9-10-21(27)24-19-11-13-20(14-12-19)25-15-17-26(18-16-25)22(28)23-4-2/h11-14H,3-10,15-18H2,1-2H3,(H,23,28)(H,24,27). The van der Waals surface area contributed by atoms with E-state index in [0.717, 1.165) is 50.4 Å². The fourth-order valence-corrected chi connectivity index (χ4v) is 3.48. The van der Waals surface area contributed by atoms with Crippen LogP contribution in [0.15, 0.2) is 24.3 Å². The number of amides is 3. The van der Waals surface area contributed by atoms with E-state index in [-0.39, 0.29) is 11.9 Å². The molecule has 0 aliphatic carbocycles. The Bertz CT molecular complexity index is 595. The van der Waals surface area contributed by atoms with E-state index >= 15 is 0 Å². The van der Waals surface area contributed by atoms with Crippen molar-refractivity contribution in [2.24, 2.45) is 0 Å². The summed E-state index contributed by atoms with van der Waals surface area (Å²) in [5, 5.41) is 5.84. The molecule has 0 aromatic heterocycles. The Labute approximate surface area is 169 Å². The van der Waals surface area contributed by atoms with Crippen LogP contribution in [0, 0.1) is 0 Å². The van der Waals surface area contributed by atoms with Crippen molar-refractivity contribution in [3.05, 3.63) is 24.3 Å². The predicted molar refractivity (Wildman–Crippen MR) is 116 cm³/mol. The maximum Gasteiger partial charge on any atom is 0.317 e. The first kappa shape index (κ1) is 22.1. The predicted octanol–water partition coefficient (Wildman–Crippen LogP) is 4.23. The average Bonchev–Trinajstić information content (AvgIpc) is 2.71. The Morgan fingerprint density at radius 1 is 0.893 bits per heavy atom. The molecule has 1 heterocycles. The molecule has 2 N–H and O–H groups in total. The Hall–Kier alpha value is -2.24. The summed E-state index contributed by atoms with van der Waals surface area (Å²) in [6.45, 7) is 7.89. The van der Waals surface area contributed by atoms with Crippen molar-refractivity contribution in [3.8, 4) is 0 Å². The minimum Gasteiger partial charge on any atom is -0.368 e. The van der Waals surface area contributed by atoms with Crippen LogP contribution in [0.25, 0.3) is 0 Å². The number of anilines is 2. The van der Waals surface area contributed by atoms with Gasteiger partial charge in [-0.05, 0) is 37.6 Å². The first-order valence-electron chi connectivity index (χ1n) is 10.8. The van der Waals surface area contributed by atoms with Crippen LogP contribution < -0.4 is 15.5 Å². The topological polar surface area (TPSA) is 64.7 Å². The summed E-state index contributed by atoms with van der Waals surface area (Å²) < 4.78 is 0. The van der Waals surface area contributed by atoms with Crippen molar-refractivity contribution in [2.75, 3.05) is 42.9 Å². The molecule has 3 amide bonds. The molecular formula is C22H36N4O2. The number of benzene rings is 1. The van der Waals surface area contributed by atoms with E-state index in [0.29, 0.717) is 13.0 Å². The van der Waals surface area contributed by atoms with Crippen LogP contribution in [-0.2, 0) is 4.79 Å². The van der Waals surface area contributed by atoms with E-state index in [1.807, 2.05) is 36.1 Å². The van der Waals surface area contributed by atoms with Crippen molar-refractivity contribution >= 4 is 23.3 Å². The van der Waals surface area contributed by atoms with E-state index in [2.05, 4.69) is 22.5 Å². The molecule has 0 atom stereocenters. The average molecular weight is 389 g/mol. The molecule has 2 rings (SSSR count). The summed E-state index contributed by atoms with van der Waals surface area (Å²) in [7, 11) is 0. The molecule has 1 aromatic rings. The maximum absolute atomic E-state index is 12.1. The molecule has 156 valence electrons. The van der Waals surface area contributed by atoms with Crippen molar-refractivity contribution < 1.29 is 9.59 Å². The molecule has 0 radical (unpaired) electrons. The number of nitrogens with zero attached hydrogens (tertiary/aromatic N) is 2. The second kappa shape index (κ2) is 12.3. The minimum absolute atomic E-state index is 0.0190. The van der Waals surface area contributed by atoms with Crippen molar-refractivity contribution in [1.29, 1.82) is 0 Å². The fourth-order valence-electron chi connectivity index (χ4n) is 3.48. The molecule has 1 aliphatic heterocycles. The summed E-state index contributed by atoms with van der Waals surface area (Å²) in [6.07, 6.45) is 7.73. The number of carbonyl (C=O) groups excluding carboxylic acids is 2. The van der Waals surface area contributed by atoms with Gasteiger partial charge in [-0.2, -0.15) is 0 Å². The summed E-state index contributed by atoms with van der Waals surface area (Å²) >= 11 is 0. The lowest BCUT2D eigenvalue weighted by Crippen LogP contribution is -2.51. The Kier molecular flexibility index (Phi) is 9.66. The Balaban J connectivity index is 1.70. The Morgan fingerprint density at radius 2 is 1.54 bits per heavy atom. The van der Waals surface area contributed by atoms with Gasteiger partial charge >= 0.3 is 6.03 Å². The number of hydrogen-bond donors (Lipinski definition) is 2. The van der Waals surface area contributed by atoms with Gasteiger partial charge in [-0.15, -0.1) is 0 Å². The van der Waals surface area contributed by atoms with Crippen molar-refractivity contribution in [2.45, 2.75) is 58.8 Å². The molecule has 1 fully saturated rings. The number of urea groups is 1. The second-order valence-electron chi connectivity index (χ2n) is 7.42. The van der Waals surface area contributed by atoms with Crippen molar-refractivity contribution in [3.63, 3.8) is 0 Å². The monoisotopic (exact) mass is 388 g/mol. The molecule has 0 unspecified atom stereocenters. The molecule has 1 aliphatic rings. The molecule has 0 bridgehead atoms. The largest absolute Gasteiger partial charge is 0.368 e. The molecule has 0 spiro atoms. The highest BCUT2D eigenvalue weighted by Crippen LogP contribution is 2.20. The summed E-state index contributed by atoms with van der Waals surface area (Å²) in [5.74, 6) is 0.0961. The molecule has 0 saturated carbocycles. The number of nitrogens with one attached hydrogen (secondary N) is 2. The quantitative estimate of drug-likeness (QED) is 0.590. The third-order valence-electron chi connectivity index (χ3n) is 5.17. The van der Waals surface area contributed by atoms with Crippen molar-refractivity contribution in [1.82, 2.24) is 10.2 Å². The lowest BCUT2D eigenvalue weighted by Gasteiger charge is -2.36. The molecule has 28 heavy (non-hydrogen) atoms. The van der Waals surface area contributed by atoms with Crippen LogP contribution in [0.2, 0.25) is 0 Å². The highest BCUT2D eigenvalue weighted by Gasteiger charge is 2.20. The van der Waals surface area contributed by atoms with Gasteiger partial charge < -0.3 is 20.4 Å². The van der Waals surface area contributed by atoms with E-state index in [4.69, 9.17) is 0 Å². The Morgan fingerprint density at radius 3 is 2.18 bits per heavy atom. The molecule has 1 aromatic carbocycles. The normalized spacial score (nSPS) is 14.1. The van der Waals surface area contributed by atoms with Crippen LogP contribution in [0.4, 0.5) is 16.2 Å². The van der Waals surface area contributed by atoms with Crippen LogP contribution in [0.5, 0.6) is 0 Å². The van der Waals surface area contributed by atoms with E-state index in [9.17, 15) is 9.59 Å². The van der Waals surface area contributed by atoms with Gasteiger partial charge in [-0.25, -0.2) is 4.79 Å². The van der Waals surface area contributed by atoms with Crippen LogP contribution in [0.3, 0.4) is 0 Å². The van der Waals surface area contributed by atoms with Gasteiger partial charge in [0.1, 0.15) is 0 Å². The zero-order valence-electron chi connectivity index (χ0n) is 17.5. The van der Waals surface area contributed by atoms with Gasteiger partial charge in [0.25, 0.3) is 0 Å². The number of carbonyl (C=O) groups is 2. The first-order chi connectivity index (χ1) is 13.6. The molecule has 6 nitrogen and oxygen atoms in total. The van der Waals surface area contributed by atoms with Crippen LogP contribution in [0.1, 0.15) is 58.8 Å². The summed E-state index contributed by atoms with van der Waals surface area (Å²) in [5.41, 5.74) is 1.98. The summed E-state index contributed by atoms with van der Waals surface area (Å²) in [4.78, 5) is 28.1. The fraction of sp³-hybridized carbons (Fsp3) is 0.636. The van der Waals surface area contributed by atoms with Crippen LogP contribution in [-0.4, -0.2) is 49.6 Å². The van der Waals surface area contributed by atoms with Gasteiger partial charge in [-0.3, -0.25) is 4.79 Å². The van der Waals surface area contributed by atoms with Gasteiger partial charge in [-0.1, -0.05) is 39.0 Å². The zero-order chi connectivity index (χ0) is 20.2. The second-order valence-corrected chi connectivity index (χ2v) is 7.42. The number of rotatable bonds is 10. The number of hydrogen-bond acceptors (Lipinski definition) is 3. The molecular weight excluding hydrogens is 352 g/mol. The van der Waals surface area contributed by atoms with E-state index < -0.39 is 0 Å². The number of unbranched alkanes of at least 4 members (excludes halogenated alkanes) is 5. The van der Waals surface area contributed by atoms with Gasteiger partial charge in [0, 0.05) is 50.5 Å². The molecule has 6 heteroatoms. The third kappa shape index (κ3) is 7.41. The zero-order valence-corrected chi connectivity index (χ0v) is 17.5. The van der Waals surface area contributed by atoms with Gasteiger partial charge in [0.15, 0.2) is 0 Å². The number of piperazine rings is 1. The van der Waals surface area contributed by atoms with Gasteiger partial charge in [0.05, 0.1) is 0 Å². The lowest BCUT2D eigenvalue weighted by molar-refractivity contribution is -0.116. The third-order valence-corrected chi connectivity index (χ3v) is 5.17. The van der Waals surface area contributed by atoms with E-state index in [1.165, 1.54) is 25.7 Å². The summed E-state index contributed by atoms with van der Waals surface area (Å²) in [6, 6.07) is 8.03. The maximum atomic E-state index is 12.1. The van der Waals surface area contributed by atoms with Crippen LogP contribution >= 0.6 is 0 Å². The SMILES string of the molecule is CCCCCCCCC(=O)Nc1ccc(N2CCN(C(=O)NCC)CC2)cc1. The van der Waals surface area contributed by atoms with Gasteiger partial charge in [0.2, 0.25) is 5.91 Å². The minimum atomic E-state index is 0.0190. The highest BCUT2D eigenvalue weighted by molar-refractivity contribution is 5.90. The molecule has 1 saturated heterocycles. The first-order valence-corrected chi connectivity index (χ1v) is 10.8.